The molecule has 0 aliphatic carbocycles. The van der Waals surface area contributed by atoms with Crippen LogP contribution in [0.15, 0.2) is 24.7 Å². The van der Waals surface area contributed by atoms with E-state index in [0.717, 1.165) is 23.2 Å². The predicted octanol–water partition coefficient (Wildman–Crippen LogP) is 3.27. The molecule has 1 atom stereocenters. The average molecular weight is 408 g/mol. The molecule has 3 aromatic rings. The van der Waals surface area contributed by atoms with Crippen molar-refractivity contribution in [2.24, 2.45) is 0 Å². The molecule has 4 rings (SSSR count). The first kappa shape index (κ1) is 19.8. The van der Waals surface area contributed by atoms with Crippen LogP contribution >= 0.6 is 0 Å². The Morgan fingerprint density at radius 2 is 2.10 bits per heavy atom. The number of amides is 1. The lowest BCUT2D eigenvalue weighted by atomic mass is 10.1. The number of likely N-dealkylation sites (tertiary alicyclic amines) is 1. The van der Waals surface area contributed by atoms with Crippen molar-refractivity contribution in [3.63, 3.8) is 0 Å². The molecule has 9 nitrogen and oxygen atoms in total. The summed E-state index contributed by atoms with van der Waals surface area (Å²) in [6.07, 6.45) is 5.43. The molecule has 0 bridgehead atoms. The summed E-state index contributed by atoms with van der Waals surface area (Å²) in [4.78, 5) is 14.1. The molecule has 0 spiro atoms. The zero-order valence-electron chi connectivity index (χ0n) is 17.5. The number of ether oxygens (including phenoxy) is 1. The summed E-state index contributed by atoms with van der Waals surface area (Å²) >= 11 is 0. The molecule has 1 fully saturated rings. The van der Waals surface area contributed by atoms with Crippen LogP contribution < -0.4 is 0 Å². The molecule has 1 amide bonds. The van der Waals surface area contributed by atoms with Gasteiger partial charge in [0.1, 0.15) is 28.5 Å². The van der Waals surface area contributed by atoms with E-state index in [1.54, 1.807) is 23.4 Å². The standard InChI is InChI=1S/C21H24N6O3/c1-13-17(14-7-18(28)19-15(8-22)9-23-26(19)11-14)10-24-27(13)16-5-6-25(12-16)20(29)30-21(2,3)4/h7,9-11,16,28H,5-6,12H2,1-4H3/t16-/m1/s1. The molecule has 9 heteroatoms. The van der Waals surface area contributed by atoms with Crippen molar-refractivity contribution in [1.82, 2.24) is 24.3 Å². The normalized spacial score (nSPS) is 16.8. The van der Waals surface area contributed by atoms with Crippen molar-refractivity contribution in [3.05, 3.63) is 35.9 Å². The summed E-state index contributed by atoms with van der Waals surface area (Å²) in [5, 5.41) is 28.3. The fourth-order valence-electron chi connectivity index (χ4n) is 3.84. The number of carbonyl (C=O) groups is 1. The van der Waals surface area contributed by atoms with Crippen molar-refractivity contribution in [1.29, 1.82) is 5.26 Å². The van der Waals surface area contributed by atoms with Gasteiger partial charge >= 0.3 is 6.09 Å². The summed E-state index contributed by atoms with van der Waals surface area (Å²) in [5.74, 6) is -0.00864. The number of hydrogen-bond donors (Lipinski definition) is 1. The maximum atomic E-state index is 12.4. The first-order valence-electron chi connectivity index (χ1n) is 9.81. The van der Waals surface area contributed by atoms with Crippen LogP contribution in [0.5, 0.6) is 5.75 Å². The van der Waals surface area contributed by atoms with Gasteiger partial charge in [-0.25, -0.2) is 9.31 Å². The molecular weight excluding hydrogens is 384 g/mol. The molecule has 0 aromatic carbocycles. The smallest absolute Gasteiger partial charge is 0.410 e. The summed E-state index contributed by atoms with van der Waals surface area (Å²) in [7, 11) is 0. The molecule has 3 aromatic heterocycles. The van der Waals surface area contributed by atoms with E-state index in [9.17, 15) is 9.90 Å². The van der Waals surface area contributed by atoms with Crippen molar-refractivity contribution in [2.45, 2.75) is 45.8 Å². The van der Waals surface area contributed by atoms with Gasteiger partial charge < -0.3 is 14.7 Å². The van der Waals surface area contributed by atoms with Crippen molar-refractivity contribution in [2.75, 3.05) is 13.1 Å². The lowest BCUT2D eigenvalue weighted by Crippen LogP contribution is -2.35. The Morgan fingerprint density at radius 1 is 1.33 bits per heavy atom. The minimum Gasteiger partial charge on any atom is -0.506 e. The van der Waals surface area contributed by atoms with Gasteiger partial charge in [-0.05, 0) is 40.2 Å². The van der Waals surface area contributed by atoms with Gasteiger partial charge in [0, 0.05) is 36.1 Å². The second kappa shape index (κ2) is 7.06. The topological polar surface area (TPSA) is 109 Å². The predicted molar refractivity (Wildman–Crippen MR) is 109 cm³/mol. The molecule has 1 aliphatic heterocycles. The molecule has 1 saturated heterocycles. The number of carbonyl (C=O) groups excluding carboxylic acids is 1. The third-order valence-electron chi connectivity index (χ3n) is 5.23. The van der Waals surface area contributed by atoms with Gasteiger partial charge in [0.2, 0.25) is 0 Å². The lowest BCUT2D eigenvalue weighted by molar-refractivity contribution is 0.0288. The second-order valence-electron chi connectivity index (χ2n) is 8.53. The fourth-order valence-corrected chi connectivity index (χ4v) is 3.84. The zero-order valence-corrected chi connectivity index (χ0v) is 17.5. The van der Waals surface area contributed by atoms with E-state index in [1.165, 1.54) is 10.7 Å². The maximum absolute atomic E-state index is 12.4. The number of aromatic hydroxyl groups is 1. The Balaban J connectivity index is 1.59. The van der Waals surface area contributed by atoms with Crippen molar-refractivity contribution >= 4 is 11.6 Å². The monoisotopic (exact) mass is 408 g/mol. The van der Waals surface area contributed by atoms with E-state index in [2.05, 4.69) is 10.2 Å². The van der Waals surface area contributed by atoms with Crippen LogP contribution in [-0.2, 0) is 4.74 Å². The number of hydrogen-bond acceptors (Lipinski definition) is 6. The maximum Gasteiger partial charge on any atom is 0.410 e. The highest BCUT2D eigenvalue weighted by molar-refractivity contribution is 5.75. The Kier molecular flexibility index (Phi) is 4.65. The van der Waals surface area contributed by atoms with Crippen LogP contribution in [-0.4, -0.2) is 54.2 Å². The SMILES string of the molecule is Cc1c(-c2cc(O)c3c(C#N)cnn3c2)cnn1[C@@H]1CCN(C(=O)OC(C)(C)C)C1. The number of nitriles is 1. The number of pyridine rings is 1. The van der Waals surface area contributed by atoms with Crippen LogP contribution in [0.2, 0.25) is 0 Å². The summed E-state index contributed by atoms with van der Waals surface area (Å²) < 4.78 is 8.89. The van der Waals surface area contributed by atoms with E-state index in [0.29, 0.717) is 24.2 Å². The van der Waals surface area contributed by atoms with Crippen molar-refractivity contribution < 1.29 is 14.6 Å². The van der Waals surface area contributed by atoms with E-state index in [1.807, 2.05) is 38.4 Å². The van der Waals surface area contributed by atoms with Gasteiger partial charge in [-0.3, -0.25) is 4.68 Å². The van der Waals surface area contributed by atoms with Gasteiger partial charge in [-0.1, -0.05) is 0 Å². The van der Waals surface area contributed by atoms with Gasteiger partial charge in [0.05, 0.1) is 18.4 Å². The van der Waals surface area contributed by atoms with Crippen LogP contribution in [0.25, 0.3) is 16.6 Å². The third-order valence-corrected chi connectivity index (χ3v) is 5.23. The molecule has 30 heavy (non-hydrogen) atoms. The Labute approximate surface area is 174 Å². The number of fused-ring (bicyclic) bond motifs is 1. The highest BCUT2D eigenvalue weighted by atomic mass is 16.6. The Morgan fingerprint density at radius 3 is 2.80 bits per heavy atom. The fraction of sp³-hybridized carbons (Fsp3) is 0.429. The summed E-state index contributed by atoms with van der Waals surface area (Å²) in [6.45, 7) is 8.68. The van der Waals surface area contributed by atoms with E-state index in [-0.39, 0.29) is 17.9 Å². The molecule has 1 N–H and O–H groups in total. The summed E-state index contributed by atoms with van der Waals surface area (Å²) in [5.41, 5.74) is 2.71. The van der Waals surface area contributed by atoms with Crippen molar-refractivity contribution in [3.8, 4) is 22.9 Å². The van der Waals surface area contributed by atoms with Gasteiger partial charge in [-0.15, -0.1) is 0 Å². The number of rotatable bonds is 2. The summed E-state index contributed by atoms with van der Waals surface area (Å²) in [6, 6.07) is 3.70. The molecule has 4 heterocycles. The van der Waals surface area contributed by atoms with Crippen LogP contribution in [0, 0.1) is 18.3 Å². The molecular formula is C21H24N6O3. The van der Waals surface area contributed by atoms with Crippen LogP contribution in [0.4, 0.5) is 4.79 Å². The van der Waals surface area contributed by atoms with Gasteiger partial charge in [0.25, 0.3) is 0 Å². The zero-order chi connectivity index (χ0) is 21.6. The molecule has 0 radical (unpaired) electrons. The number of nitrogens with zero attached hydrogens (tertiary/aromatic N) is 6. The molecule has 1 aliphatic rings. The van der Waals surface area contributed by atoms with Crippen LogP contribution in [0.1, 0.15) is 44.5 Å². The van der Waals surface area contributed by atoms with E-state index >= 15 is 0 Å². The third kappa shape index (κ3) is 3.45. The lowest BCUT2D eigenvalue weighted by Gasteiger charge is -2.24. The largest absolute Gasteiger partial charge is 0.506 e. The van der Waals surface area contributed by atoms with E-state index in [4.69, 9.17) is 10.00 Å². The first-order valence-corrected chi connectivity index (χ1v) is 9.81. The first-order chi connectivity index (χ1) is 14.2. The average Bonchev–Trinajstić information content (AvgIpc) is 3.37. The molecule has 156 valence electrons. The highest BCUT2D eigenvalue weighted by Crippen LogP contribution is 2.33. The Bertz CT molecular complexity index is 1160. The minimum atomic E-state index is -0.525. The van der Waals surface area contributed by atoms with Gasteiger partial charge in [-0.2, -0.15) is 15.5 Å². The second-order valence-corrected chi connectivity index (χ2v) is 8.53. The number of aromatic nitrogens is 4. The quantitative estimate of drug-likeness (QED) is 0.697. The Hall–Kier alpha value is -3.54. The minimum absolute atomic E-state index is 0.00864. The van der Waals surface area contributed by atoms with Gasteiger partial charge in [0.15, 0.2) is 0 Å². The van der Waals surface area contributed by atoms with Crippen LogP contribution in [0.3, 0.4) is 0 Å². The molecule has 0 saturated carbocycles. The highest BCUT2D eigenvalue weighted by Gasteiger charge is 2.32. The molecule has 0 unspecified atom stereocenters. The van der Waals surface area contributed by atoms with E-state index < -0.39 is 5.60 Å².